The number of rotatable bonds is 5. The minimum atomic E-state index is 0.283. The van der Waals surface area contributed by atoms with E-state index in [0.717, 1.165) is 18.0 Å². The van der Waals surface area contributed by atoms with Crippen LogP contribution in [0.3, 0.4) is 0 Å². The first-order valence-electron chi connectivity index (χ1n) is 6.89. The number of ether oxygens (including phenoxy) is 1. The maximum absolute atomic E-state index is 5.17. The average Bonchev–Trinajstić information content (AvgIpc) is 2.70. The van der Waals surface area contributed by atoms with E-state index in [9.17, 15) is 0 Å². The van der Waals surface area contributed by atoms with Gasteiger partial charge in [-0.15, -0.1) is 0 Å². The van der Waals surface area contributed by atoms with Gasteiger partial charge in [0.1, 0.15) is 5.75 Å². The van der Waals surface area contributed by atoms with Crippen LogP contribution in [-0.4, -0.2) is 16.9 Å². The molecule has 2 rings (SSSR count). The summed E-state index contributed by atoms with van der Waals surface area (Å²) in [5.74, 6) is 0.890. The number of aromatic nitrogens is 2. The predicted octanol–water partition coefficient (Wildman–Crippen LogP) is 2.90. The second-order valence-corrected chi connectivity index (χ2v) is 5.16. The van der Waals surface area contributed by atoms with Crippen molar-refractivity contribution in [2.75, 3.05) is 7.11 Å². The first-order valence-corrected chi connectivity index (χ1v) is 6.89. The van der Waals surface area contributed by atoms with E-state index in [1.165, 1.54) is 16.8 Å². The zero-order valence-electron chi connectivity index (χ0n) is 12.9. The van der Waals surface area contributed by atoms with Gasteiger partial charge in [0.05, 0.1) is 12.8 Å². The number of hydrogen-bond acceptors (Lipinski definition) is 3. The highest BCUT2D eigenvalue weighted by Gasteiger charge is 2.15. The fourth-order valence-corrected chi connectivity index (χ4v) is 2.53. The molecule has 1 atom stereocenters. The van der Waals surface area contributed by atoms with Crippen molar-refractivity contribution in [2.24, 2.45) is 7.05 Å². The third kappa shape index (κ3) is 3.02. The largest absolute Gasteiger partial charge is 0.497 e. The number of methoxy groups -OCH3 is 1. The van der Waals surface area contributed by atoms with Crippen LogP contribution in [0.2, 0.25) is 0 Å². The van der Waals surface area contributed by atoms with Gasteiger partial charge in [-0.2, -0.15) is 5.10 Å². The van der Waals surface area contributed by atoms with Crippen molar-refractivity contribution < 1.29 is 4.74 Å². The number of aryl methyl sites for hydroxylation is 2. The number of hydrogen-bond donors (Lipinski definition) is 1. The van der Waals surface area contributed by atoms with Crippen molar-refractivity contribution in [1.29, 1.82) is 0 Å². The molecule has 0 bridgehead atoms. The smallest absolute Gasteiger partial charge is 0.118 e. The molecule has 0 spiro atoms. The fraction of sp³-hybridized carbons (Fsp3) is 0.438. The lowest BCUT2D eigenvalue weighted by Crippen LogP contribution is -2.19. The average molecular weight is 273 g/mol. The Labute approximate surface area is 120 Å². The normalized spacial score (nSPS) is 12.4. The van der Waals surface area contributed by atoms with Crippen LogP contribution < -0.4 is 10.1 Å². The second kappa shape index (κ2) is 6.09. The summed E-state index contributed by atoms with van der Waals surface area (Å²) in [6.45, 7) is 7.19. The van der Waals surface area contributed by atoms with Gasteiger partial charge in [-0.1, -0.05) is 12.1 Å². The maximum Gasteiger partial charge on any atom is 0.118 e. The Balaban J connectivity index is 2.02. The Kier molecular flexibility index (Phi) is 4.45. The molecule has 0 radical (unpaired) electrons. The zero-order valence-corrected chi connectivity index (χ0v) is 12.9. The molecule has 20 heavy (non-hydrogen) atoms. The molecule has 4 heteroatoms. The lowest BCUT2D eigenvalue weighted by molar-refractivity contribution is 0.414. The maximum atomic E-state index is 5.17. The summed E-state index contributed by atoms with van der Waals surface area (Å²) in [4.78, 5) is 0. The molecule has 108 valence electrons. The molecule has 0 aliphatic carbocycles. The van der Waals surface area contributed by atoms with Crippen molar-refractivity contribution in [1.82, 2.24) is 15.1 Å². The molecule has 1 aromatic heterocycles. The van der Waals surface area contributed by atoms with Crippen molar-refractivity contribution >= 4 is 0 Å². The van der Waals surface area contributed by atoms with E-state index >= 15 is 0 Å². The summed E-state index contributed by atoms with van der Waals surface area (Å²) < 4.78 is 7.11. The Hall–Kier alpha value is -1.81. The van der Waals surface area contributed by atoms with E-state index in [0.29, 0.717) is 0 Å². The topological polar surface area (TPSA) is 39.1 Å². The molecule has 1 N–H and O–H groups in total. The molecular weight excluding hydrogens is 250 g/mol. The van der Waals surface area contributed by atoms with Gasteiger partial charge in [-0.05, 0) is 38.5 Å². The summed E-state index contributed by atoms with van der Waals surface area (Å²) in [7, 11) is 3.67. The van der Waals surface area contributed by atoms with E-state index in [4.69, 9.17) is 4.74 Å². The third-order valence-electron chi connectivity index (χ3n) is 3.77. The van der Waals surface area contributed by atoms with Crippen LogP contribution >= 0.6 is 0 Å². The number of benzene rings is 1. The highest BCUT2D eigenvalue weighted by Crippen LogP contribution is 2.21. The van der Waals surface area contributed by atoms with Crippen molar-refractivity contribution in [3.63, 3.8) is 0 Å². The summed E-state index contributed by atoms with van der Waals surface area (Å²) in [6.07, 6.45) is 0. The number of nitrogens with one attached hydrogen (secondary N) is 1. The second-order valence-electron chi connectivity index (χ2n) is 5.16. The molecular formula is C16H23N3O. The molecule has 0 saturated heterocycles. The summed E-state index contributed by atoms with van der Waals surface area (Å²) in [6, 6.07) is 8.43. The Morgan fingerprint density at radius 2 is 1.90 bits per heavy atom. The molecule has 0 aliphatic heterocycles. The monoisotopic (exact) mass is 273 g/mol. The van der Waals surface area contributed by atoms with Gasteiger partial charge in [0, 0.05) is 30.9 Å². The van der Waals surface area contributed by atoms with Crippen LogP contribution in [0.15, 0.2) is 24.3 Å². The Morgan fingerprint density at radius 1 is 1.25 bits per heavy atom. The predicted molar refractivity (Wildman–Crippen MR) is 80.9 cm³/mol. The third-order valence-corrected chi connectivity index (χ3v) is 3.77. The fourth-order valence-electron chi connectivity index (χ4n) is 2.53. The molecule has 0 aliphatic rings. The molecule has 0 fully saturated rings. The molecule has 1 heterocycles. The van der Waals surface area contributed by atoms with Gasteiger partial charge in [0.25, 0.3) is 0 Å². The van der Waals surface area contributed by atoms with E-state index in [2.05, 4.69) is 43.3 Å². The van der Waals surface area contributed by atoms with E-state index in [1.807, 2.05) is 23.9 Å². The SMILES string of the molecule is COc1ccc(CNC(C)c2c(C)nn(C)c2C)cc1. The molecule has 0 amide bonds. The van der Waals surface area contributed by atoms with Gasteiger partial charge < -0.3 is 10.1 Å². The molecule has 0 saturated carbocycles. The lowest BCUT2D eigenvalue weighted by atomic mass is 10.1. The summed E-state index contributed by atoms with van der Waals surface area (Å²) in [5.41, 5.74) is 4.86. The summed E-state index contributed by atoms with van der Waals surface area (Å²) in [5, 5.41) is 8.02. The van der Waals surface area contributed by atoms with Crippen LogP contribution in [0.4, 0.5) is 0 Å². The highest BCUT2D eigenvalue weighted by molar-refractivity contribution is 5.29. The minimum absolute atomic E-state index is 0.283. The molecule has 1 unspecified atom stereocenters. The zero-order chi connectivity index (χ0) is 14.7. The molecule has 2 aromatic rings. The molecule has 1 aromatic carbocycles. The standard InChI is InChI=1S/C16H23N3O/c1-11(16-12(2)18-19(4)13(16)3)17-10-14-6-8-15(20-5)9-7-14/h6-9,11,17H,10H2,1-5H3. The van der Waals surface area contributed by atoms with Crippen LogP contribution in [-0.2, 0) is 13.6 Å². The summed E-state index contributed by atoms with van der Waals surface area (Å²) >= 11 is 0. The van der Waals surface area contributed by atoms with Crippen LogP contribution in [0.25, 0.3) is 0 Å². The van der Waals surface area contributed by atoms with E-state index < -0.39 is 0 Å². The van der Waals surface area contributed by atoms with Gasteiger partial charge >= 0.3 is 0 Å². The van der Waals surface area contributed by atoms with E-state index in [-0.39, 0.29) is 6.04 Å². The van der Waals surface area contributed by atoms with Crippen LogP contribution in [0.1, 0.15) is 35.5 Å². The van der Waals surface area contributed by atoms with Gasteiger partial charge in [-0.25, -0.2) is 0 Å². The van der Waals surface area contributed by atoms with Crippen LogP contribution in [0, 0.1) is 13.8 Å². The first kappa shape index (κ1) is 14.6. The lowest BCUT2D eigenvalue weighted by Gasteiger charge is -2.15. The van der Waals surface area contributed by atoms with Gasteiger partial charge in [0.15, 0.2) is 0 Å². The van der Waals surface area contributed by atoms with Crippen molar-refractivity contribution in [3.8, 4) is 5.75 Å². The van der Waals surface area contributed by atoms with Gasteiger partial charge in [0.2, 0.25) is 0 Å². The quantitative estimate of drug-likeness (QED) is 0.910. The van der Waals surface area contributed by atoms with Gasteiger partial charge in [-0.3, -0.25) is 4.68 Å². The first-order chi connectivity index (χ1) is 9.52. The Bertz CT molecular complexity index is 572. The Morgan fingerprint density at radius 3 is 2.40 bits per heavy atom. The van der Waals surface area contributed by atoms with E-state index in [1.54, 1.807) is 7.11 Å². The highest BCUT2D eigenvalue weighted by atomic mass is 16.5. The van der Waals surface area contributed by atoms with Crippen LogP contribution in [0.5, 0.6) is 5.75 Å². The number of nitrogens with zero attached hydrogens (tertiary/aromatic N) is 2. The van der Waals surface area contributed by atoms with Crippen molar-refractivity contribution in [2.45, 2.75) is 33.4 Å². The minimum Gasteiger partial charge on any atom is -0.497 e. The van der Waals surface area contributed by atoms with Crippen molar-refractivity contribution in [3.05, 3.63) is 46.8 Å². The molecule has 4 nitrogen and oxygen atoms in total.